The van der Waals surface area contributed by atoms with E-state index in [2.05, 4.69) is 6.58 Å². The predicted molar refractivity (Wildman–Crippen MR) is 66.2 cm³/mol. The van der Waals surface area contributed by atoms with E-state index in [4.69, 9.17) is 11.6 Å². The zero-order valence-corrected chi connectivity index (χ0v) is 9.99. The van der Waals surface area contributed by atoms with E-state index in [1.807, 2.05) is 6.92 Å². The molecule has 0 aliphatic heterocycles. The Balaban J connectivity index is 3.12. The second kappa shape index (κ2) is 4.99. The van der Waals surface area contributed by atoms with Crippen molar-refractivity contribution in [2.24, 2.45) is 0 Å². The zero-order chi connectivity index (χ0) is 12.3. The van der Waals surface area contributed by atoms with Crippen molar-refractivity contribution in [3.63, 3.8) is 0 Å². The van der Waals surface area contributed by atoms with Crippen LogP contribution in [0.5, 0.6) is 0 Å². The lowest BCUT2D eigenvalue weighted by atomic mass is 10.2. The molecule has 0 amide bonds. The summed E-state index contributed by atoms with van der Waals surface area (Å²) in [6.07, 6.45) is 0. The van der Waals surface area contributed by atoms with Gasteiger partial charge in [0.2, 0.25) is 0 Å². The Morgan fingerprint density at radius 1 is 1.62 bits per heavy atom. The Kier molecular flexibility index (Phi) is 3.90. The largest absolute Gasteiger partial charge is 0.365 e. The maximum absolute atomic E-state index is 10.9. The van der Waals surface area contributed by atoms with Crippen LogP contribution < -0.4 is 4.90 Å². The summed E-state index contributed by atoms with van der Waals surface area (Å²) in [6.45, 7) is 6.22. The molecule has 0 aromatic heterocycles. The molecule has 0 heterocycles. The van der Waals surface area contributed by atoms with Gasteiger partial charge in [0.1, 0.15) is 5.69 Å². The Labute approximate surface area is 99.3 Å². The van der Waals surface area contributed by atoms with Gasteiger partial charge in [0.15, 0.2) is 0 Å². The number of nitro benzene ring substituents is 1. The zero-order valence-electron chi connectivity index (χ0n) is 9.24. The van der Waals surface area contributed by atoms with Crippen molar-refractivity contribution >= 4 is 23.0 Å². The second-order valence-corrected chi connectivity index (χ2v) is 4.14. The predicted octanol–water partition coefficient (Wildman–Crippen LogP) is 3.26. The summed E-state index contributed by atoms with van der Waals surface area (Å²) in [7, 11) is 1.78. The molecule has 1 aromatic carbocycles. The molecular weight excluding hydrogens is 228 g/mol. The van der Waals surface area contributed by atoms with Gasteiger partial charge in [-0.05, 0) is 19.1 Å². The minimum absolute atomic E-state index is 0.0104. The molecule has 16 heavy (non-hydrogen) atoms. The number of anilines is 1. The third-order valence-electron chi connectivity index (χ3n) is 2.05. The van der Waals surface area contributed by atoms with Crippen molar-refractivity contribution in [1.82, 2.24) is 0 Å². The SMILES string of the molecule is C=C(C)CN(C)c1ccc(Cl)cc1[N+](=O)[O-]. The van der Waals surface area contributed by atoms with Crippen LogP contribution in [0.3, 0.4) is 0 Å². The van der Waals surface area contributed by atoms with Crippen molar-refractivity contribution in [2.75, 3.05) is 18.5 Å². The van der Waals surface area contributed by atoms with Crippen LogP contribution in [0.1, 0.15) is 6.92 Å². The minimum atomic E-state index is -0.434. The van der Waals surface area contributed by atoms with E-state index in [0.29, 0.717) is 17.3 Å². The maximum atomic E-state index is 10.9. The average Bonchev–Trinajstić information content (AvgIpc) is 2.16. The summed E-state index contributed by atoms with van der Waals surface area (Å²) < 4.78 is 0. The molecule has 0 saturated carbocycles. The molecule has 86 valence electrons. The molecule has 1 aromatic rings. The molecule has 0 aliphatic rings. The first-order valence-electron chi connectivity index (χ1n) is 4.71. The van der Waals surface area contributed by atoms with Gasteiger partial charge in [0.05, 0.1) is 4.92 Å². The Morgan fingerprint density at radius 3 is 2.75 bits per heavy atom. The van der Waals surface area contributed by atoms with Crippen molar-refractivity contribution in [1.29, 1.82) is 0 Å². The molecule has 0 aliphatic carbocycles. The Morgan fingerprint density at radius 2 is 2.25 bits per heavy atom. The molecule has 0 unspecified atom stereocenters. The first kappa shape index (κ1) is 12.5. The van der Waals surface area contributed by atoms with E-state index in [1.165, 1.54) is 6.07 Å². The molecule has 0 spiro atoms. The van der Waals surface area contributed by atoms with Crippen molar-refractivity contribution in [3.05, 3.63) is 45.5 Å². The number of halogens is 1. The third-order valence-corrected chi connectivity index (χ3v) is 2.29. The standard InChI is InChI=1S/C11H13ClN2O2/c1-8(2)7-13(3)10-5-4-9(12)6-11(10)14(15)16/h4-6H,1,7H2,2-3H3. The number of rotatable bonds is 4. The average molecular weight is 241 g/mol. The topological polar surface area (TPSA) is 46.4 Å². The number of likely N-dealkylation sites (N-methyl/N-ethyl adjacent to an activating group) is 1. The third kappa shape index (κ3) is 2.97. The van der Waals surface area contributed by atoms with Crippen molar-refractivity contribution in [2.45, 2.75) is 6.92 Å². The highest BCUT2D eigenvalue weighted by Gasteiger charge is 2.17. The molecular formula is C11H13ClN2O2. The Bertz CT molecular complexity index is 432. The van der Waals surface area contributed by atoms with Gasteiger partial charge >= 0.3 is 0 Å². The maximum Gasteiger partial charge on any atom is 0.294 e. The molecule has 0 atom stereocenters. The summed E-state index contributed by atoms with van der Waals surface area (Å²) in [4.78, 5) is 12.2. The molecule has 0 radical (unpaired) electrons. The summed E-state index contributed by atoms with van der Waals surface area (Å²) in [5, 5.41) is 11.2. The van der Waals surface area contributed by atoms with Crippen molar-refractivity contribution in [3.8, 4) is 0 Å². The Hall–Kier alpha value is -1.55. The fourth-order valence-electron chi connectivity index (χ4n) is 1.46. The summed E-state index contributed by atoms with van der Waals surface area (Å²) in [5.74, 6) is 0. The van der Waals surface area contributed by atoms with Crippen LogP contribution in [0.15, 0.2) is 30.4 Å². The molecule has 0 bridgehead atoms. The van der Waals surface area contributed by atoms with Crippen LogP contribution in [-0.2, 0) is 0 Å². The van der Waals surface area contributed by atoms with Gasteiger partial charge < -0.3 is 4.90 Å². The van der Waals surface area contributed by atoms with Crippen molar-refractivity contribution < 1.29 is 4.92 Å². The molecule has 0 N–H and O–H groups in total. The van der Waals surface area contributed by atoms with E-state index in [9.17, 15) is 10.1 Å². The van der Waals surface area contributed by atoms with Crippen LogP contribution >= 0.6 is 11.6 Å². The highest BCUT2D eigenvalue weighted by molar-refractivity contribution is 6.30. The first-order chi connectivity index (χ1) is 7.41. The number of hydrogen-bond acceptors (Lipinski definition) is 3. The van der Waals surface area contributed by atoms with E-state index in [0.717, 1.165) is 5.57 Å². The van der Waals surface area contributed by atoms with Crippen LogP contribution in [0.25, 0.3) is 0 Å². The highest BCUT2D eigenvalue weighted by atomic mass is 35.5. The van der Waals surface area contributed by atoms with Gasteiger partial charge in [-0.1, -0.05) is 23.8 Å². The van der Waals surface area contributed by atoms with Gasteiger partial charge in [-0.2, -0.15) is 0 Å². The minimum Gasteiger partial charge on any atom is -0.365 e. The monoisotopic (exact) mass is 240 g/mol. The molecule has 4 nitrogen and oxygen atoms in total. The lowest BCUT2D eigenvalue weighted by Gasteiger charge is -2.19. The molecule has 1 rings (SSSR count). The van der Waals surface area contributed by atoms with Crippen LogP contribution in [0.4, 0.5) is 11.4 Å². The van der Waals surface area contributed by atoms with Gasteiger partial charge in [-0.15, -0.1) is 0 Å². The summed E-state index contributed by atoms with van der Waals surface area (Å²) in [5.41, 5.74) is 1.49. The number of benzene rings is 1. The van der Waals surface area contributed by atoms with E-state index in [1.54, 1.807) is 24.1 Å². The van der Waals surface area contributed by atoms with E-state index >= 15 is 0 Å². The first-order valence-corrected chi connectivity index (χ1v) is 5.09. The summed E-state index contributed by atoms with van der Waals surface area (Å²) in [6, 6.07) is 4.63. The quantitative estimate of drug-likeness (QED) is 0.461. The fraction of sp³-hybridized carbons (Fsp3) is 0.273. The number of nitrogens with zero attached hydrogens (tertiary/aromatic N) is 2. The smallest absolute Gasteiger partial charge is 0.294 e. The van der Waals surface area contributed by atoms with Gasteiger partial charge in [-0.3, -0.25) is 10.1 Å². The second-order valence-electron chi connectivity index (χ2n) is 3.70. The van der Waals surface area contributed by atoms with Crippen LogP contribution in [-0.4, -0.2) is 18.5 Å². The van der Waals surface area contributed by atoms with Crippen LogP contribution in [0, 0.1) is 10.1 Å². The summed E-state index contributed by atoms with van der Waals surface area (Å²) >= 11 is 5.73. The normalized spacial score (nSPS) is 9.94. The molecule has 0 fully saturated rings. The van der Waals surface area contributed by atoms with Gasteiger partial charge in [0, 0.05) is 24.7 Å². The molecule has 5 heteroatoms. The number of hydrogen-bond donors (Lipinski definition) is 0. The number of nitro groups is 1. The van der Waals surface area contributed by atoms with Gasteiger partial charge in [-0.25, -0.2) is 0 Å². The van der Waals surface area contributed by atoms with Crippen LogP contribution in [0.2, 0.25) is 5.02 Å². The highest BCUT2D eigenvalue weighted by Crippen LogP contribution is 2.30. The lowest BCUT2D eigenvalue weighted by Crippen LogP contribution is -2.20. The fourth-order valence-corrected chi connectivity index (χ4v) is 1.62. The molecule has 0 saturated heterocycles. The van der Waals surface area contributed by atoms with Gasteiger partial charge in [0.25, 0.3) is 5.69 Å². The lowest BCUT2D eigenvalue weighted by molar-refractivity contribution is -0.384. The van der Waals surface area contributed by atoms with E-state index in [-0.39, 0.29) is 5.69 Å². The van der Waals surface area contributed by atoms with E-state index < -0.39 is 4.92 Å².